The summed E-state index contributed by atoms with van der Waals surface area (Å²) in [6.07, 6.45) is 6.34. The van der Waals surface area contributed by atoms with Crippen LogP contribution in [-0.2, 0) is 17.6 Å². The van der Waals surface area contributed by atoms with Crippen molar-refractivity contribution in [2.45, 2.75) is 12.8 Å². The molecule has 1 amide bonds. The number of fused-ring (bicyclic) bond motifs is 1. The number of amides is 1. The Morgan fingerprint density at radius 3 is 2.73 bits per heavy atom. The maximum absolute atomic E-state index is 12.1. The summed E-state index contributed by atoms with van der Waals surface area (Å²) in [6.45, 7) is 0.534. The number of hydrogen-bond donors (Lipinski definition) is 1. The highest BCUT2D eigenvalue weighted by molar-refractivity contribution is 5.78. The molecule has 0 saturated heterocycles. The molecule has 6 nitrogen and oxygen atoms in total. The number of pyridine rings is 1. The van der Waals surface area contributed by atoms with Crippen LogP contribution in [0.3, 0.4) is 0 Å². The highest BCUT2D eigenvalue weighted by Gasteiger charge is 2.10. The minimum absolute atomic E-state index is 0.0818. The molecule has 26 heavy (non-hydrogen) atoms. The summed E-state index contributed by atoms with van der Waals surface area (Å²) in [5.74, 6) is 0.444. The number of nitrogens with one attached hydrogen (secondary N) is 1. The SMILES string of the molecule is O=C(Cc1coc(-c2ccccc2)n1)NCCc1cn2ccccc2n1. The van der Waals surface area contributed by atoms with Crippen molar-refractivity contribution in [1.82, 2.24) is 19.7 Å². The van der Waals surface area contributed by atoms with Gasteiger partial charge in [0.15, 0.2) is 0 Å². The van der Waals surface area contributed by atoms with Crippen molar-refractivity contribution >= 4 is 11.6 Å². The Balaban J connectivity index is 1.29. The lowest BCUT2D eigenvalue weighted by molar-refractivity contribution is -0.120. The van der Waals surface area contributed by atoms with Crippen LogP contribution in [0.1, 0.15) is 11.4 Å². The first kappa shape index (κ1) is 16.1. The van der Waals surface area contributed by atoms with Gasteiger partial charge in [-0.2, -0.15) is 0 Å². The van der Waals surface area contributed by atoms with E-state index in [2.05, 4.69) is 15.3 Å². The Labute approximate surface area is 150 Å². The number of benzene rings is 1. The Bertz CT molecular complexity index is 987. The van der Waals surface area contributed by atoms with Crippen LogP contribution in [0.4, 0.5) is 0 Å². The average molecular weight is 346 g/mol. The molecule has 0 aliphatic carbocycles. The molecule has 0 fully saturated rings. The monoisotopic (exact) mass is 346 g/mol. The normalized spacial score (nSPS) is 10.9. The summed E-state index contributed by atoms with van der Waals surface area (Å²) in [4.78, 5) is 21.0. The van der Waals surface area contributed by atoms with Crippen LogP contribution in [-0.4, -0.2) is 26.8 Å². The van der Waals surface area contributed by atoms with Gasteiger partial charge in [0.25, 0.3) is 0 Å². The summed E-state index contributed by atoms with van der Waals surface area (Å²) in [6, 6.07) is 15.5. The lowest BCUT2D eigenvalue weighted by Crippen LogP contribution is -2.27. The lowest BCUT2D eigenvalue weighted by atomic mass is 10.2. The van der Waals surface area contributed by atoms with Crippen molar-refractivity contribution in [2.75, 3.05) is 6.54 Å². The fraction of sp³-hybridized carbons (Fsp3) is 0.150. The van der Waals surface area contributed by atoms with Crippen LogP contribution in [0, 0.1) is 0 Å². The van der Waals surface area contributed by atoms with E-state index in [1.807, 2.05) is 65.3 Å². The van der Waals surface area contributed by atoms with Crippen LogP contribution in [0.25, 0.3) is 17.1 Å². The van der Waals surface area contributed by atoms with Gasteiger partial charge in [0.1, 0.15) is 11.9 Å². The first-order chi connectivity index (χ1) is 12.8. The van der Waals surface area contributed by atoms with Gasteiger partial charge in [0, 0.05) is 30.9 Å². The molecule has 0 aliphatic rings. The summed E-state index contributed by atoms with van der Waals surface area (Å²) in [7, 11) is 0. The van der Waals surface area contributed by atoms with E-state index in [-0.39, 0.29) is 12.3 Å². The number of rotatable bonds is 6. The molecule has 0 bridgehead atoms. The molecule has 1 aromatic carbocycles. The summed E-state index contributed by atoms with van der Waals surface area (Å²) >= 11 is 0. The van der Waals surface area contributed by atoms with Crippen LogP contribution in [0.15, 0.2) is 71.6 Å². The van der Waals surface area contributed by atoms with Crippen molar-refractivity contribution in [3.63, 3.8) is 0 Å². The maximum Gasteiger partial charge on any atom is 0.226 e. The number of oxazole rings is 1. The predicted octanol–water partition coefficient (Wildman–Crippen LogP) is 2.89. The number of carbonyl (C=O) groups is 1. The van der Waals surface area contributed by atoms with Crippen LogP contribution < -0.4 is 5.32 Å². The third-order valence-corrected chi connectivity index (χ3v) is 4.03. The zero-order chi connectivity index (χ0) is 17.8. The molecule has 0 radical (unpaired) electrons. The Morgan fingerprint density at radius 1 is 1.04 bits per heavy atom. The number of carbonyl (C=O) groups excluding carboxylic acids is 1. The summed E-state index contributed by atoms with van der Waals surface area (Å²) in [5.41, 5.74) is 3.37. The molecule has 4 aromatic rings. The minimum atomic E-state index is -0.0818. The smallest absolute Gasteiger partial charge is 0.226 e. The molecular formula is C20H18N4O2. The number of nitrogens with zero attached hydrogens (tertiary/aromatic N) is 3. The third kappa shape index (κ3) is 3.64. The largest absolute Gasteiger partial charge is 0.444 e. The Kier molecular flexibility index (Phi) is 4.47. The highest BCUT2D eigenvalue weighted by Crippen LogP contribution is 2.18. The van der Waals surface area contributed by atoms with Crippen molar-refractivity contribution in [2.24, 2.45) is 0 Å². The van der Waals surface area contributed by atoms with Gasteiger partial charge in [-0.25, -0.2) is 9.97 Å². The van der Waals surface area contributed by atoms with Gasteiger partial charge in [0.05, 0.1) is 17.8 Å². The van der Waals surface area contributed by atoms with E-state index in [1.54, 1.807) is 0 Å². The Morgan fingerprint density at radius 2 is 1.88 bits per heavy atom. The van der Waals surface area contributed by atoms with E-state index >= 15 is 0 Å². The van der Waals surface area contributed by atoms with E-state index < -0.39 is 0 Å². The van der Waals surface area contributed by atoms with Crippen molar-refractivity contribution < 1.29 is 9.21 Å². The Hall–Kier alpha value is -3.41. The fourth-order valence-corrected chi connectivity index (χ4v) is 2.77. The third-order valence-electron chi connectivity index (χ3n) is 4.03. The maximum atomic E-state index is 12.1. The van der Waals surface area contributed by atoms with Gasteiger partial charge < -0.3 is 14.1 Å². The molecule has 130 valence electrons. The van der Waals surface area contributed by atoms with E-state index in [0.717, 1.165) is 16.9 Å². The van der Waals surface area contributed by atoms with E-state index in [0.29, 0.717) is 24.6 Å². The molecule has 4 rings (SSSR count). The molecule has 6 heteroatoms. The fourth-order valence-electron chi connectivity index (χ4n) is 2.77. The van der Waals surface area contributed by atoms with E-state index in [9.17, 15) is 4.79 Å². The van der Waals surface area contributed by atoms with Gasteiger partial charge in [-0.05, 0) is 24.3 Å². The quantitative estimate of drug-likeness (QED) is 0.583. The van der Waals surface area contributed by atoms with Gasteiger partial charge >= 0.3 is 0 Å². The zero-order valence-corrected chi connectivity index (χ0v) is 14.1. The molecule has 0 saturated carbocycles. The molecule has 0 aliphatic heterocycles. The summed E-state index contributed by atoms with van der Waals surface area (Å²) < 4.78 is 7.43. The van der Waals surface area contributed by atoms with Crippen molar-refractivity contribution in [1.29, 1.82) is 0 Å². The molecule has 3 aromatic heterocycles. The number of aromatic nitrogens is 3. The zero-order valence-electron chi connectivity index (χ0n) is 14.1. The van der Waals surface area contributed by atoms with Crippen molar-refractivity contribution in [3.8, 4) is 11.5 Å². The van der Waals surface area contributed by atoms with Gasteiger partial charge in [-0.15, -0.1) is 0 Å². The molecule has 0 atom stereocenters. The van der Waals surface area contributed by atoms with E-state index in [4.69, 9.17) is 4.42 Å². The first-order valence-corrected chi connectivity index (χ1v) is 8.47. The first-order valence-electron chi connectivity index (χ1n) is 8.47. The molecule has 1 N–H and O–H groups in total. The minimum Gasteiger partial charge on any atom is -0.444 e. The lowest BCUT2D eigenvalue weighted by Gasteiger charge is -2.01. The van der Waals surface area contributed by atoms with Gasteiger partial charge in [-0.1, -0.05) is 24.3 Å². The molecular weight excluding hydrogens is 328 g/mol. The molecule has 0 unspecified atom stereocenters. The standard InChI is InChI=1S/C20H18N4O2/c25-19(12-17-14-26-20(23-17)15-6-2-1-3-7-15)21-10-9-16-13-24-11-5-4-8-18(24)22-16/h1-8,11,13-14H,9-10,12H2,(H,21,25). The average Bonchev–Trinajstić information content (AvgIpc) is 3.29. The van der Waals surface area contributed by atoms with Crippen LogP contribution in [0.5, 0.6) is 0 Å². The highest BCUT2D eigenvalue weighted by atomic mass is 16.3. The number of imidazole rings is 1. The van der Waals surface area contributed by atoms with Gasteiger partial charge in [0.2, 0.25) is 11.8 Å². The molecule has 0 spiro atoms. The van der Waals surface area contributed by atoms with Crippen LogP contribution >= 0.6 is 0 Å². The van der Waals surface area contributed by atoms with Crippen molar-refractivity contribution in [3.05, 3.63) is 78.6 Å². The van der Waals surface area contributed by atoms with E-state index in [1.165, 1.54) is 6.26 Å². The second kappa shape index (κ2) is 7.23. The summed E-state index contributed by atoms with van der Waals surface area (Å²) in [5, 5.41) is 2.90. The second-order valence-electron chi connectivity index (χ2n) is 5.99. The second-order valence-corrected chi connectivity index (χ2v) is 5.99. The number of hydrogen-bond acceptors (Lipinski definition) is 4. The molecule has 3 heterocycles. The topological polar surface area (TPSA) is 72.4 Å². The van der Waals surface area contributed by atoms with Crippen LogP contribution in [0.2, 0.25) is 0 Å². The predicted molar refractivity (Wildman–Crippen MR) is 97.5 cm³/mol. The van der Waals surface area contributed by atoms with Gasteiger partial charge in [-0.3, -0.25) is 4.79 Å².